The summed E-state index contributed by atoms with van der Waals surface area (Å²) in [6.45, 7) is 0. The van der Waals surface area contributed by atoms with E-state index in [2.05, 4.69) is 20.3 Å². The lowest BCUT2D eigenvalue weighted by atomic mass is 10.3. The summed E-state index contributed by atoms with van der Waals surface area (Å²) in [6, 6.07) is 17.6. The highest BCUT2D eigenvalue weighted by molar-refractivity contribution is 5.74. The molecule has 0 saturated carbocycles. The summed E-state index contributed by atoms with van der Waals surface area (Å²) in [5.41, 5.74) is 3.40. The van der Waals surface area contributed by atoms with Crippen LogP contribution in [0.1, 0.15) is 0 Å². The van der Waals surface area contributed by atoms with E-state index in [1.165, 1.54) is 0 Å². The van der Waals surface area contributed by atoms with Gasteiger partial charge in [-0.1, -0.05) is 18.2 Å². The van der Waals surface area contributed by atoms with Crippen molar-refractivity contribution in [1.29, 1.82) is 0 Å². The normalized spacial score (nSPS) is 10.7. The van der Waals surface area contributed by atoms with Gasteiger partial charge in [0.25, 0.3) is 0 Å². The van der Waals surface area contributed by atoms with Crippen LogP contribution in [0.15, 0.2) is 67.1 Å². The first-order valence-corrected chi connectivity index (χ1v) is 7.50. The van der Waals surface area contributed by atoms with Crippen LogP contribution in [-0.4, -0.2) is 26.6 Å². The molecule has 0 spiro atoms. The number of nitrogens with zero attached hydrogens (tertiary/aromatic N) is 4. The van der Waals surface area contributed by atoms with Gasteiger partial charge < -0.3 is 10.1 Å². The minimum atomic E-state index is 0.519. The zero-order valence-corrected chi connectivity index (χ0v) is 13.0. The number of anilines is 2. The minimum Gasteiger partial charge on any atom is -0.497 e. The first-order valence-electron chi connectivity index (χ1n) is 7.50. The Morgan fingerprint density at radius 2 is 1.75 bits per heavy atom. The van der Waals surface area contributed by atoms with Crippen molar-refractivity contribution in [3.05, 3.63) is 67.1 Å². The van der Waals surface area contributed by atoms with Gasteiger partial charge in [-0.3, -0.25) is 4.57 Å². The highest BCUT2D eigenvalue weighted by Crippen LogP contribution is 2.20. The molecule has 0 aliphatic rings. The third-order valence-corrected chi connectivity index (χ3v) is 3.67. The molecule has 118 valence electrons. The molecule has 0 saturated heterocycles. The third-order valence-electron chi connectivity index (χ3n) is 3.67. The largest absolute Gasteiger partial charge is 0.497 e. The van der Waals surface area contributed by atoms with E-state index in [-0.39, 0.29) is 0 Å². The number of methoxy groups -OCH3 is 1. The number of rotatable bonds is 4. The van der Waals surface area contributed by atoms with Crippen molar-refractivity contribution in [1.82, 2.24) is 19.5 Å². The Hall–Kier alpha value is -3.41. The van der Waals surface area contributed by atoms with Gasteiger partial charge in [0.2, 0.25) is 5.95 Å². The molecule has 4 aromatic rings. The summed E-state index contributed by atoms with van der Waals surface area (Å²) < 4.78 is 7.10. The molecule has 6 heteroatoms. The summed E-state index contributed by atoms with van der Waals surface area (Å²) in [5.74, 6) is 1.32. The van der Waals surface area contributed by atoms with Gasteiger partial charge in [-0.2, -0.15) is 4.98 Å². The summed E-state index contributed by atoms with van der Waals surface area (Å²) in [6.07, 6.45) is 3.47. The Morgan fingerprint density at radius 1 is 0.958 bits per heavy atom. The summed E-state index contributed by atoms with van der Waals surface area (Å²) in [5, 5.41) is 3.20. The fourth-order valence-electron chi connectivity index (χ4n) is 2.45. The molecule has 6 nitrogen and oxygen atoms in total. The van der Waals surface area contributed by atoms with E-state index < -0.39 is 0 Å². The lowest BCUT2D eigenvalue weighted by Crippen LogP contribution is -1.99. The van der Waals surface area contributed by atoms with E-state index in [0.29, 0.717) is 5.95 Å². The highest BCUT2D eigenvalue weighted by Gasteiger charge is 2.08. The van der Waals surface area contributed by atoms with Crippen LogP contribution in [0.5, 0.6) is 5.75 Å². The smallest absolute Gasteiger partial charge is 0.229 e. The molecule has 2 heterocycles. The van der Waals surface area contributed by atoms with Crippen LogP contribution in [0.2, 0.25) is 0 Å². The Morgan fingerprint density at radius 3 is 2.50 bits per heavy atom. The van der Waals surface area contributed by atoms with Crippen LogP contribution in [0.3, 0.4) is 0 Å². The van der Waals surface area contributed by atoms with Crippen molar-refractivity contribution < 1.29 is 4.74 Å². The van der Waals surface area contributed by atoms with Gasteiger partial charge >= 0.3 is 0 Å². The van der Waals surface area contributed by atoms with E-state index in [4.69, 9.17) is 4.74 Å². The van der Waals surface area contributed by atoms with Gasteiger partial charge in [0.05, 0.1) is 13.3 Å². The standard InChI is InChI=1S/C18H15N5O/c1-24-15-9-7-13(8-10-15)21-18-19-11-16-17(22-18)23(12-20-16)14-5-3-2-4-6-14/h2-12H,1H3,(H,19,21,22). The second kappa shape index (κ2) is 6.00. The lowest BCUT2D eigenvalue weighted by Gasteiger charge is -2.07. The van der Waals surface area contributed by atoms with E-state index in [0.717, 1.165) is 28.3 Å². The van der Waals surface area contributed by atoms with Crippen molar-refractivity contribution in [2.24, 2.45) is 0 Å². The number of ether oxygens (including phenoxy) is 1. The second-order valence-corrected chi connectivity index (χ2v) is 5.21. The molecule has 2 aromatic carbocycles. The Kier molecular flexibility index (Phi) is 3.55. The highest BCUT2D eigenvalue weighted by atomic mass is 16.5. The molecule has 0 amide bonds. The number of hydrogen-bond donors (Lipinski definition) is 1. The molecule has 0 unspecified atom stereocenters. The number of hydrogen-bond acceptors (Lipinski definition) is 5. The quantitative estimate of drug-likeness (QED) is 0.623. The van der Waals surface area contributed by atoms with E-state index in [9.17, 15) is 0 Å². The fraction of sp³-hybridized carbons (Fsp3) is 0.0556. The molecule has 0 atom stereocenters. The number of fused-ring (bicyclic) bond motifs is 1. The summed E-state index contributed by atoms with van der Waals surface area (Å²) >= 11 is 0. The molecule has 1 N–H and O–H groups in total. The van der Waals surface area contributed by atoms with Gasteiger partial charge in [0.15, 0.2) is 5.65 Å². The molecular weight excluding hydrogens is 302 g/mol. The van der Waals surface area contributed by atoms with Gasteiger partial charge in [-0.15, -0.1) is 0 Å². The zero-order chi connectivity index (χ0) is 16.4. The first kappa shape index (κ1) is 14.2. The van der Waals surface area contributed by atoms with E-state index in [1.54, 1.807) is 19.6 Å². The molecule has 0 fully saturated rings. The molecule has 2 aromatic heterocycles. The average molecular weight is 317 g/mol. The number of aromatic nitrogens is 4. The molecule has 0 radical (unpaired) electrons. The van der Waals surface area contributed by atoms with Gasteiger partial charge in [-0.25, -0.2) is 9.97 Å². The monoisotopic (exact) mass is 317 g/mol. The maximum Gasteiger partial charge on any atom is 0.229 e. The van der Waals surface area contributed by atoms with Crippen molar-refractivity contribution in [3.63, 3.8) is 0 Å². The SMILES string of the molecule is COc1ccc(Nc2ncc3ncn(-c4ccccc4)c3n2)cc1. The summed E-state index contributed by atoms with van der Waals surface area (Å²) in [4.78, 5) is 13.3. The first-order chi connectivity index (χ1) is 11.8. The van der Waals surface area contributed by atoms with Crippen LogP contribution in [0, 0.1) is 0 Å². The van der Waals surface area contributed by atoms with Crippen LogP contribution in [-0.2, 0) is 0 Å². The topological polar surface area (TPSA) is 64.9 Å². The number of benzene rings is 2. The van der Waals surface area contributed by atoms with Crippen LogP contribution >= 0.6 is 0 Å². The number of imidazole rings is 1. The Labute approximate surface area is 138 Å². The Bertz CT molecular complexity index is 964. The van der Waals surface area contributed by atoms with Crippen molar-refractivity contribution in [2.75, 3.05) is 12.4 Å². The summed E-state index contributed by atoms with van der Waals surface area (Å²) in [7, 11) is 1.64. The van der Waals surface area contributed by atoms with Gasteiger partial charge in [0, 0.05) is 11.4 Å². The van der Waals surface area contributed by atoms with Crippen molar-refractivity contribution in [3.8, 4) is 11.4 Å². The van der Waals surface area contributed by atoms with Crippen LogP contribution < -0.4 is 10.1 Å². The van der Waals surface area contributed by atoms with Crippen LogP contribution in [0.4, 0.5) is 11.6 Å². The predicted octanol–water partition coefficient (Wildman–Crippen LogP) is 3.57. The van der Waals surface area contributed by atoms with Gasteiger partial charge in [0.1, 0.15) is 17.6 Å². The van der Waals surface area contributed by atoms with E-state index in [1.807, 2.05) is 59.2 Å². The molecule has 0 aliphatic heterocycles. The average Bonchev–Trinajstić information content (AvgIpc) is 3.06. The maximum absolute atomic E-state index is 5.16. The fourth-order valence-corrected chi connectivity index (χ4v) is 2.45. The minimum absolute atomic E-state index is 0.519. The molecular formula is C18H15N5O. The predicted molar refractivity (Wildman–Crippen MR) is 92.9 cm³/mol. The second-order valence-electron chi connectivity index (χ2n) is 5.21. The molecule has 0 aliphatic carbocycles. The van der Waals surface area contributed by atoms with Crippen molar-refractivity contribution in [2.45, 2.75) is 0 Å². The number of para-hydroxylation sites is 1. The van der Waals surface area contributed by atoms with E-state index >= 15 is 0 Å². The molecule has 0 bridgehead atoms. The van der Waals surface area contributed by atoms with Crippen LogP contribution in [0.25, 0.3) is 16.9 Å². The van der Waals surface area contributed by atoms with Gasteiger partial charge in [-0.05, 0) is 36.4 Å². The zero-order valence-electron chi connectivity index (χ0n) is 13.0. The lowest BCUT2D eigenvalue weighted by molar-refractivity contribution is 0.415. The maximum atomic E-state index is 5.16. The third kappa shape index (κ3) is 2.65. The molecule has 4 rings (SSSR count). The number of nitrogens with one attached hydrogen (secondary N) is 1. The Balaban J connectivity index is 1.69. The molecule has 24 heavy (non-hydrogen) atoms. The van der Waals surface area contributed by atoms with Crippen molar-refractivity contribution >= 4 is 22.8 Å².